The van der Waals surface area contributed by atoms with Crippen molar-refractivity contribution >= 4 is 12.2 Å². The molecule has 0 radical (unpaired) electrons. The summed E-state index contributed by atoms with van der Waals surface area (Å²) in [5.74, 6) is 0.753. The van der Waals surface area contributed by atoms with E-state index in [2.05, 4.69) is 20.9 Å². The van der Waals surface area contributed by atoms with Gasteiger partial charge in [0.05, 0.1) is 44.1 Å². The molecule has 0 spiro atoms. The van der Waals surface area contributed by atoms with Crippen LogP contribution in [0.15, 0.2) is 54.6 Å². The molecule has 1 aliphatic rings. The second-order valence-corrected chi connectivity index (χ2v) is 14.5. The molecule has 0 saturated carbocycles. The second kappa shape index (κ2) is 19.7. The lowest BCUT2D eigenvalue weighted by atomic mass is 10.00. The number of alkyl carbamates (subject to hydrolysis) is 2. The van der Waals surface area contributed by atoms with Gasteiger partial charge in [0.25, 0.3) is 0 Å². The molecule has 0 aromatic heterocycles. The molecular weight excluding hydrogens is 628 g/mol. The molecule has 2 amide bonds. The minimum atomic E-state index is -1.03. The summed E-state index contributed by atoms with van der Waals surface area (Å²) in [5.41, 5.74) is 0.429. The van der Waals surface area contributed by atoms with Gasteiger partial charge in [-0.2, -0.15) is 0 Å². The van der Waals surface area contributed by atoms with Gasteiger partial charge in [-0.25, -0.2) is 9.59 Å². The molecular formula is C37H58N4O8. The van der Waals surface area contributed by atoms with Crippen molar-refractivity contribution in [2.24, 2.45) is 0 Å². The van der Waals surface area contributed by atoms with E-state index in [1.54, 1.807) is 41.5 Å². The number of rotatable bonds is 17. The van der Waals surface area contributed by atoms with Gasteiger partial charge in [-0.15, -0.1) is 0 Å². The van der Waals surface area contributed by atoms with Gasteiger partial charge in [0.15, 0.2) is 0 Å². The SMILES string of the molecule is CC(C)(C)OC(=O)N[C@@H](Cc1ccccc1)[C@H](O)CNC[C@@H](O)[C@H](Cc1ccc(OCCCN2CCOCC2)cc1)NC(=O)OC(C)(C)C. The van der Waals surface area contributed by atoms with Gasteiger partial charge in [0.2, 0.25) is 0 Å². The van der Waals surface area contributed by atoms with Crippen LogP contribution in [0.1, 0.15) is 59.1 Å². The lowest BCUT2D eigenvalue weighted by Crippen LogP contribution is -2.53. The maximum atomic E-state index is 12.7. The Labute approximate surface area is 291 Å². The number of hydrogen-bond acceptors (Lipinski definition) is 10. The Morgan fingerprint density at radius 2 is 1.27 bits per heavy atom. The highest BCUT2D eigenvalue weighted by Gasteiger charge is 2.28. The molecule has 1 heterocycles. The molecule has 274 valence electrons. The molecule has 2 aromatic carbocycles. The Hall–Kier alpha value is -3.42. The summed E-state index contributed by atoms with van der Waals surface area (Å²) in [6.45, 7) is 15.8. The van der Waals surface area contributed by atoms with E-state index in [-0.39, 0.29) is 13.1 Å². The first-order valence-corrected chi connectivity index (χ1v) is 17.3. The highest BCUT2D eigenvalue weighted by Crippen LogP contribution is 2.16. The number of amides is 2. The Bertz CT molecular complexity index is 1240. The molecule has 49 heavy (non-hydrogen) atoms. The standard InChI is InChI=1S/C37H58N4O8/c1-36(2,3)48-34(44)39-30(23-27-11-8-7-9-12-27)32(42)25-38-26-33(43)31(40-35(45)49-37(4,5)6)24-28-13-15-29(16-14-28)47-20-10-17-41-18-21-46-22-19-41/h7-9,11-16,30-33,38,42-43H,10,17-26H2,1-6H3,(H,39,44)(H,40,45)/t30-,31-,32+,33+/m0/s1. The third kappa shape index (κ3) is 16.7. The van der Waals surface area contributed by atoms with Crippen LogP contribution in [-0.4, -0.2) is 115 Å². The van der Waals surface area contributed by atoms with Crippen LogP contribution in [0, 0.1) is 0 Å². The van der Waals surface area contributed by atoms with Crippen LogP contribution in [0.5, 0.6) is 5.75 Å². The zero-order valence-electron chi connectivity index (χ0n) is 30.1. The Morgan fingerprint density at radius 3 is 1.76 bits per heavy atom. The van der Waals surface area contributed by atoms with Crippen LogP contribution in [0.2, 0.25) is 0 Å². The van der Waals surface area contributed by atoms with E-state index >= 15 is 0 Å². The summed E-state index contributed by atoms with van der Waals surface area (Å²) in [7, 11) is 0. The number of benzene rings is 2. The first-order valence-electron chi connectivity index (χ1n) is 17.3. The maximum Gasteiger partial charge on any atom is 0.407 e. The molecule has 12 nitrogen and oxygen atoms in total. The topological polar surface area (TPSA) is 151 Å². The van der Waals surface area contributed by atoms with E-state index in [4.69, 9.17) is 18.9 Å². The third-order valence-corrected chi connectivity index (χ3v) is 7.71. The van der Waals surface area contributed by atoms with Gasteiger partial charge in [-0.3, -0.25) is 4.90 Å². The van der Waals surface area contributed by atoms with E-state index < -0.39 is 47.7 Å². The first-order chi connectivity index (χ1) is 23.2. The molecule has 1 fully saturated rings. The fourth-order valence-electron chi connectivity index (χ4n) is 5.29. The molecule has 3 rings (SSSR count). The number of carbonyl (C=O) groups excluding carboxylic acids is 2. The van der Waals surface area contributed by atoms with Crippen molar-refractivity contribution in [1.29, 1.82) is 0 Å². The van der Waals surface area contributed by atoms with Crippen molar-refractivity contribution in [1.82, 2.24) is 20.9 Å². The number of nitrogens with one attached hydrogen (secondary N) is 3. The summed E-state index contributed by atoms with van der Waals surface area (Å²) >= 11 is 0. The smallest absolute Gasteiger partial charge is 0.407 e. The summed E-state index contributed by atoms with van der Waals surface area (Å²) < 4.78 is 22.2. The maximum absolute atomic E-state index is 12.7. The molecule has 0 aliphatic carbocycles. The van der Waals surface area contributed by atoms with E-state index in [1.807, 2.05) is 54.6 Å². The minimum absolute atomic E-state index is 0.0619. The van der Waals surface area contributed by atoms with Crippen molar-refractivity contribution < 1.29 is 38.7 Å². The first kappa shape index (κ1) is 40.0. The summed E-state index contributed by atoms with van der Waals surface area (Å²) in [4.78, 5) is 27.7. The molecule has 4 atom stereocenters. The summed E-state index contributed by atoms with van der Waals surface area (Å²) in [6, 6.07) is 15.8. The number of aliphatic hydroxyl groups is 2. The fourth-order valence-corrected chi connectivity index (χ4v) is 5.29. The lowest BCUT2D eigenvalue weighted by Gasteiger charge is -2.29. The number of carbonyl (C=O) groups is 2. The van der Waals surface area contributed by atoms with Crippen LogP contribution in [0.25, 0.3) is 0 Å². The van der Waals surface area contributed by atoms with Crippen molar-refractivity contribution in [3.8, 4) is 5.75 Å². The number of morpholine rings is 1. The van der Waals surface area contributed by atoms with E-state index in [1.165, 1.54) is 0 Å². The van der Waals surface area contributed by atoms with Crippen molar-refractivity contribution in [3.05, 3.63) is 65.7 Å². The molecule has 0 bridgehead atoms. The van der Waals surface area contributed by atoms with Crippen LogP contribution < -0.4 is 20.7 Å². The fraction of sp³-hybridized carbons (Fsp3) is 0.622. The molecule has 12 heteroatoms. The number of ether oxygens (including phenoxy) is 4. The van der Waals surface area contributed by atoms with Crippen LogP contribution in [-0.2, 0) is 27.1 Å². The molecule has 1 saturated heterocycles. The van der Waals surface area contributed by atoms with Gasteiger partial charge in [0, 0.05) is 32.7 Å². The third-order valence-electron chi connectivity index (χ3n) is 7.71. The van der Waals surface area contributed by atoms with Crippen molar-refractivity contribution in [3.63, 3.8) is 0 Å². The van der Waals surface area contributed by atoms with Gasteiger partial charge in [0.1, 0.15) is 17.0 Å². The zero-order chi connectivity index (χ0) is 35.9. The van der Waals surface area contributed by atoms with Gasteiger partial charge in [-0.1, -0.05) is 42.5 Å². The van der Waals surface area contributed by atoms with Crippen molar-refractivity contribution in [2.45, 2.75) is 96.3 Å². The molecule has 1 aliphatic heterocycles. The highest BCUT2D eigenvalue weighted by molar-refractivity contribution is 5.68. The number of nitrogens with zero attached hydrogens (tertiary/aromatic N) is 1. The van der Waals surface area contributed by atoms with Gasteiger partial charge >= 0.3 is 12.2 Å². The average molecular weight is 687 g/mol. The Kier molecular flexibility index (Phi) is 16.1. The minimum Gasteiger partial charge on any atom is -0.494 e. The monoisotopic (exact) mass is 686 g/mol. The van der Waals surface area contributed by atoms with Crippen LogP contribution >= 0.6 is 0 Å². The van der Waals surface area contributed by atoms with Crippen LogP contribution in [0.4, 0.5) is 9.59 Å². The molecule has 0 unspecified atom stereocenters. The van der Waals surface area contributed by atoms with E-state index in [0.29, 0.717) is 19.4 Å². The van der Waals surface area contributed by atoms with Gasteiger partial charge in [-0.05, 0) is 84.1 Å². The molecule has 5 N–H and O–H groups in total. The van der Waals surface area contributed by atoms with Crippen LogP contribution in [0.3, 0.4) is 0 Å². The average Bonchev–Trinajstić information content (AvgIpc) is 3.02. The lowest BCUT2D eigenvalue weighted by molar-refractivity contribution is 0.0358. The van der Waals surface area contributed by atoms with E-state index in [9.17, 15) is 19.8 Å². The quantitative estimate of drug-likeness (QED) is 0.156. The second-order valence-electron chi connectivity index (χ2n) is 14.5. The normalized spacial score (nSPS) is 16.6. The highest BCUT2D eigenvalue weighted by atomic mass is 16.6. The number of hydrogen-bond donors (Lipinski definition) is 5. The summed E-state index contributed by atoms with van der Waals surface area (Å²) in [5, 5.41) is 31.1. The number of aliphatic hydroxyl groups excluding tert-OH is 2. The Morgan fingerprint density at radius 1 is 0.776 bits per heavy atom. The zero-order valence-corrected chi connectivity index (χ0v) is 30.1. The predicted molar refractivity (Wildman–Crippen MR) is 189 cm³/mol. The van der Waals surface area contributed by atoms with E-state index in [0.717, 1.165) is 56.1 Å². The largest absolute Gasteiger partial charge is 0.494 e. The predicted octanol–water partition coefficient (Wildman–Crippen LogP) is 3.67. The van der Waals surface area contributed by atoms with Gasteiger partial charge < -0.3 is 45.1 Å². The molecule has 2 aromatic rings. The Balaban J connectivity index is 1.57. The van der Waals surface area contributed by atoms with Crippen molar-refractivity contribution in [2.75, 3.05) is 52.5 Å². The summed E-state index contributed by atoms with van der Waals surface area (Å²) in [6.07, 6.45) is -1.66.